The van der Waals surface area contributed by atoms with Gasteiger partial charge in [0.2, 0.25) is 0 Å². The van der Waals surface area contributed by atoms with Crippen LogP contribution in [-0.4, -0.2) is 71.9 Å². The molecular formula is C17H27N7O. The van der Waals surface area contributed by atoms with Gasteiger partial charge in [-0.1, -0.05) is 6.07 Å². The molecule has 25 heavy (non-hydrogen) atoms. The van der Waals surface area contributed by atoms with Crippen LogP contribution < -0.4 is 10.6 Å². The zero-order valence-corrected chi connectivity index (χ0v) is 15.0. The zero-order chi connectivity index (χ0) is 17.5. The fourth-order valence-electron chi connectivity index (χ4n) is 2.84. The van der Waals surface area contributed by atoms with E-state index in [0.717, 1.165) is 49.7 Å². The zero-order valence-electron chi connectivity index (χ0n) is 15.0. The van der Waals surface area contributed by atoms with Crippen LogP contribution in [0, 0.1) is 0 Å². The van der Waals surface area contributed by atoms with Crippen LogP contribution >= 0.6 is 0 Å². The molecule has 0 unspecified atom stereocenters. The molecule has 1 saturated carbocycles. The van der Waals surface area contributed by atoms with E-state index < -0.39 is 0 Å². The average molecular weight is 345 g/mol. The van der Waals surface area contributed by atoms with E-state index in [1.807, 2.05) is 28.8 Å². The predicted molar refractivity (Wildman–Crippen MR) is 97.7 cm³/mol. The minimum absolute atomic E-state index is 0.570. The lowest BCUT2D eigenvalue weighted by molar-refractivity contribution is 0.144. The minimum atomic E-state index is 0.570. The number of hydrogen-bond acceptors (Lipinski definition) is 5. The number of nitrogens with one attached hydrogen (secondary N) is 2. The Balaban J connectivity index is 1.45. The molecule has 1 fully saturated rings. The molecule has 2 N–H and O–H groups in total. The molecular weight excluding hydrogens is 318 g/mol. The molecule has 8 nitrogen and oxygen atoms in total. The molecule has 0 bridgehead atoms. The Labute approximate surface area is 148 Å². The maximum Gasteiger partial charge on any atom is 0.191 e. The molecule has 0 radical (unpaired) electrons. The Bertz CT molecular complexity index is 695. The molecule has 2 aromatic rings. The largest absolute Gasteiger partial charge is 0.383 e. The number of hydrogen-bond donors (Lipinski definition) is 2. The van der Waals surface area contributed by atoms with Crippen molar-refractivity contribution < 1.29 is 4.74 Å². The summed E-state index contributed by atoms with van der Waals surface area (Å²) in [5.74, 6) is 1.63. The summed E-state index contributed by atoms with van der Waals surface area (Å²) in [7, 11) is 3.53. The lowest BCUT2D eigenvalue weighted by Gasteiger charge is -2.22. The molecule has 3 rings (SSSR count). The number of fused-ring (bicyclic) bond motifs is 1. The fourth-order valence-corrected chi connectivity index (χ4v) is 2.84. The summed E-state index contributed by atoms with van der Waals surface area (Å²) in [5, 5.41) is 15.0. The highest BCUT2D eigenvalue weighted by molar-refractivity contribution is 5.79. The van der Waals surface area contributed by atoms with Crippen LogP contribution in [0.15, 0.2) is 29.4 Å². The van der Waals surface area contributed by atoms with E-state index in [-0.39, 0.29) is 0 Å². The van der Waals surface area contributed by atoms with E-state index >= 15 is 0 Å². The summed E-state index contributed by atoms with van der Waals surface area (Å²) < 4.78 is 7.17. The first kappa shape index (κ1) is 17.6. The van der Waals surface area contributed by atoms with Gasteiger partial charge in [0.1, 0.15) is 0 Å². The van der Waals surface area contributed by atoms with Crippen LogP contribution in [0.5, 0.6) is 0 Å². The number of pyridine rings is 1. The molecule has 2 aromatic heterocycles. The van der Waals surface area contributed by atoms with Crippen LogP contribution in [0.2, 0.25) is 0 Å². The fraction of sp³-hybridized carbons (Fsp3) is 0.588. The Morgan fingerprint density at radius 1 is 1.32 bits per heavy atom. The first-order valence-corrected chi connectivity index (χ1v) is 8.78. The SMILES string of the molecule is CN=C(NCCN(CCOC)C1CC1)NCc1nnc2ccccn12. The van der Waals surface area contributed by atoms with Crippen molar-refractivity contribution >= 4 is 11.6 Å². The molecule has 1 aliphatic rings. The second-order valence-corrected chi connectivity index (χ2v) is 6.16. The molecule has 1 aliphatic carbocycles. The minimum Gasteiger partial charge on any atom is -0.383 e. The van der Waals surface area contributed by atoms with Crippen LogP contribution in [0.25, 0.3) is 5.65 Å². The summed E-state index contributed by atoms with van der Waals surface area (Å²) in [5.41, 5.74) is 0.848. The molecule has 8 heteroatoms. The first-order valence-electron chi connectivity index (χ1n) is 8.78. The van der Waals surface area contributed by atoms with Crippen LogP contribution in [0.3, 0.4) is 0 Å². The lowest BCUT2D eigenvalue weighted by Crippen LogP contribution is -2.42. The van der Waals surface area contributed by atoms with Crippen molar-refractivity contribution in [2.24, 2.45) is 4.99 Å². The van der Waals surface area contributed by atoms with E-state index in [1.54, 1.807) is 14.2 Å². The molecule has 0 saturated heterocycles. The van der Waals surface area contributed by atoms with E-state index in [1.165, 1.54) is 12.8 Å². The number of aliphatic imine (C=N–C) groups is 1. The van der Waals surface area contributed by atoms with Gasteiger partial charge in [0.25, 0.3) is 0 Å². The summed E-state index contributed by atoms with van der Waals surface area (Å²) in [6.07, 6.45) is 4.57. The van der Waals surface area contributed by atoms with Crippen molar-refractivity contribution in [3.05, 3.63) is 30.2 Å². The highest BCUT2D eigenvalue weighted by Gasteiger charge is 2.28. The third kappa shape index (κ3) is 4.90. The number of aromatic nitrogens is 3. The van der Waals surface area contributed by atoms with Crippen LogP contribution in [-0.2, 0) is 11.3 Å². The lowest BCUT2D eigenvalue weighted by atomic mass is 10.4. The topological polar surface area (TPSA) is 79.1 Å². The third-order valence-electron chi connectivity index (χ3n) is 4.36. The van der Waals surface area contributed by atoms with Gasteiger partial charge in [-0.2, -0.15) is 0 Å². The van der Waals surface area contributed by atoms with Gasteiger partial charge in [0.05, 0.1) is 13.2 Å². The number of guanidine groups is 1. The van der Waals surface area contributed by atoms with Gasteiger partial charge in [-0.3, -0.25) is 14.3 Å². The van der Waals surface area contributed by atoms with E-state index in [0.29, 0.717) is 6.54 Å². The second-order valence-electron chi connectivity index (χ2n) is 6.16. The van der Waals surface area contributed by atoms with Crippen molar-refractivity contribution in [2.45, 2.75) is 25.4 Å². The smallest absolute Gasteiger partial charge is 0.191 e. The molecule has 136 valence electrons. The standard InChI is InChI=1S/C17H27N7O/c1-18-17(19-8-10-23(11-12-25-2)14-6-7-14)20-13-16-22-21-15-5-3-4-9-24(15)16/h3-5,9,14H,6-8,10-13H2,1-2H3,(H2,18,19,20). The van der Waals surface area contributed by atoms with Gasteiger partial charge in [-0.25, -0.2) is 0 Å². The molecule has 0 aromatic carbocycles. The van der Waals surface area contributed by atoms with Crippen molar-refractivity contribution in [3.8, 4) is 0 Å². The van der Waals surface area contributed by atoms with E-state index in [2.05, 4.69) is 30.7 Å². The molecule has 0 aliphatic heterocycles. The Morgan fingerprint density at radius 2 is 2.20 bits per heavy atom. The highest BCUT2D eigenvalue weighted by atomic mass is 16.5. The van der Waals surface area contributed by atoms with Crippen molar-refractivity contribution in [1.29, 1.82) is 0 Å². The van der Waals surface area contributed by atoms with Crippen LogP contribution in [0.1, 0.15) is 18.7 Å². The number of rotatable bonds is 9. The Morgan fingerprint density at radius 3 is 2.96 bits per heavy atom. The number of ether oxygens (including phenoxy) is 1. The maximum absolute atomic E-state index is 5.20. The first-order chi connectivity index (χ1) is 12.3. The average Bonchev–Trinajstić information content (AvgIpc) is 3.41. The van der Waals surface area contributed by atoms with Crippen molar-refractivity contribution in [2.75, 3.05) is 40.4 Å². The normalized spacial score (nSPS) is 15.1. The Kier molecular flexibility index (Phi) is 6.19. The van der Waals surface area contributed by atoms with Crippen molar-refractivity contribution in [3.63, 3.8) is 0 Å². The molecule has 0 spiro atoms. The van der Waals surface area contributed by atoms with Gasteiger partial charge >= 0.3 is 0 Å². The van der Waals surface area contributed by atoms with E-state index in [9.17, 15) is 0 Å². The number of nitrogens with zero attached hydrogens (tertiary/aromatic N) is 5. The Hall–Kier alpha value is -2.19. The molecule has 2 heterocycles. The second kappa shape index (κ2) is 8.77. The van der Waals surface area contributed by atoms with Gasteiger partial charge < -0.3 is 15.4 Å². The van der Waals surface area contributed by atoms with Gasteiger partial charge in [0, 0.05) is 46.0 Å². The highest BCUT2D eigenvalue weighted by Crippen LogP contribution is 2.25. The van der Waals surface area contributed by atoms with Gasteiger partial charge in [-0.05, 0) is 25.0 Å². The monoisotopic (exact) mass is 345 g/mol. The molecule has 0 amide bonds. The summed E-state index contributed by atoms with van der Waals surface area (Å²) in [6, 6.07) is 6.60. The quantitative estimate of drug-likeness (QED) is 0.509. The van der Waals surface area contributed by atoms with Gasteiger partial charge in [-0.15, -0.1) is 10.2 Å². The summed E-state index contributed by atoms with van der Waals surface area (Å²) in [6.45, 7) is 4.17. The molecule has 0 atom stereocenters. The number of methoxy groups -OCH3 is 1. The van der Waals surface area contributed by atoms with Gasteiger partial charge in [0.15, 0.2) is 17.4 Å². The maximum atomic E-state index is 5.20. The summed E-state index contributed by atoms with van der Waals surface area (Å²) >= 11 is 0. The van der Waals surface area contributed by atoms with Crippen LogP contribution in [0.4, 0.5) is 0 Å². The summed E-state index contributed by atoms with van der Waals surface area (Å²) in [4.78, 5) is 6.76. The third-order valence-corrected chi connectivity index (χ3v) is 4.36. The van der Waals surface area contributed by atoms with E-state index in [4.69, 9.17) is 4.74 Å². The van der Waals surface area contributed by atoms with Crippen molar-refractivity contribution in [1.82, 2.24) is 30.1 Å². The predicted octanol–water partition coefficient (Wildman–Crippen LogP) is 0.505.